The van der Waals surface area contributed by atoms with Crippen LogP contribution in [0.2, 0.25) is 0 Å². The topological polar surface area (TPSA) is 21.3 Å². The van der Waals surface area contributed by atoms with Crippen molar-refractivity contribution in [3.63, 3.8) is 0 Å². The molecule has 0 rings (SSSR count). The maximum atomic E-state index is 5.09. The predicted octanol–water partition coefficient (Wildman–Crippen LogP) is 1.88. The molecule has 0 saturated carbocycles. The molecule has 0 fully saturated rings. The average Bonchev–Trinajstić information content (AvgIpc) is 1.87. The smallest absolute Gasteiger partial charge is 0.0985 e. The quantitative estimate of drug-likeness (QED) is 0.468. The first-order chi connectivity index (χ1) is 4.77. The van der Waals surface area contributed by atoms with Gasteiger partial charge in [0.25, 0.3) is 0 Å². The minimum Gasteiger partial charge on any atom is -0.500 e. The van der Waals surface area contributed by atoms with Crippen LogP contribution >= 0.6 is 0 Å². The van der Waals surface area contributed by atoms with Gasteiger partial charge >= 0.3 is 0 Å². The molecule has 0 bridgehead atoms. The molecule has 0 aliphatic heterocycles. The fraction of sp³-hybridized carbons (Fsp3) is 0.750. The summed E-state index contributed by atoms with van der Waals surface area (Å²) in [6.07, 6.45) is 4.59. The van der Waals surface area contributed by atoms with Crippen LogP contribution in [-0.2, 0) is 4.74 Å². The van der Waals surface area contributed by atoms with Crippen molar-refractivity contribution >= 4 is 0 Å². The van der Waals surface area contributed by atoms with E-state index in [0.717, 1.165) is 13.0 Å². The molecule has 0 unspecified atom stereocenters. The molecular formula is C8H17NO. The number of hydrogen-bond donors (Lipinski definition) is 1. The summed E-state index contributed by atoms with van der Waals surface area (Å²) in [5.41, 5.74) is 0. The van der Waals surface area contributed by atoms with Gasteiger partial charge in [-0.05, 0) is 20.3 Å². The van der Waals surface area contributed by atoms with Crippen molar-refractivity contribution in [3.05, 3.63) is 12.5 Å². The molecule has 0 aromatic rings. The third-order valence-electron chi connectivity index (χ3n) is 0.916. The van der Waals surface area contributed by atoms with Crippen molar-refractivity contribution in [2.24, 2.45) is 0 Å². The molecule has 0 aliphatic rings. The van der Waals surface area contributed by atoms with E-state index in [1.54, 1.807) is 6.26 Å². The second-order valence-electron chi connectivity index (χ2n) is 2.49. The van der Waals surface area contributed by atoms with Gasteiger partial charge in [-0.3, -0.25) is 0 Å². The van der Waals surface area contributed by atoms with E-state index >= 15 is 0 Å². The van der Waals surface area contributed by atoms with Gasteiger partial charge in [0.05, 0.1) is 12.9 Å². The van der Waals surface area contributed by atoms with Crippen molar-refractivity contribution in [2.75, 3.05) is 6.61 Å². The predicted molar refractivity (Wildman–Crippen MR) is 43.7 cm³/mol. The Labute approximate surface area is 63.3 Å². The first kappa shape index (κ1) is 9.34. The Morgan fingerprint density at radius 2 is 2.20 bits per heavy atom. The van der Waals surface area contributed by atoms with E-state index in [-0.39, 0.29) is 0 Å². The van der Waals surface area contributed by atoms with Crippen molar-refractivity contribution in [2.45, 2.75) is 33.2 Å². The number of ether oxygens (including phenoxy) is 1. The monoisotopic (exact) mass is 143 g/mol. The molecule has 0 saturated heterocycles. The Kier molecular flexibility index (Phi) is 6.03. The average molecular weight is 143 g/mol. The van der Waals surface area contributed by atoms with Crippen LogP contribution < -0.4 is 5.32 Å². The van der Waals surface area contributed by atoms with Gasteiger partial charge in [-0.25, -0.2) is 0 Å². The molecule has 1 N–H and O–H groups in total. The van der Waals surface area contributed by atoms with Gasteiger partial charge in [0, 0.05) is 12.2 Å². The molecule has 60 valence electrons. The maximum Gasteiger partial charge on any atom is 0.0985 e. The second-order valence-corrected chi connectivity index (χ2v) is 2.49. The van der Waals surface area contributed by atoms with Crippen LogP contribution in [-0.4, -0.2) is 12.6 Å². The SMILES string of the molecule is CCCO/C=C\NC(C)C. The molecule has 2 heteroatoms. The van der Waals surface area contributed by atoms with Gasteiger partial charge in [0.15, 0.2) is 0 Å². The zero-order valence-electron chi connectivity index (χ0n) is 7.05. The Morgan fingerprint density at radius 1 is 1.50 bits per heavy atom. The fourth-order valence-electron chi connectivity index (χ4n) is 0.466. The summed E-state index contributed by atoms with van der Waals surface area (Å²) in [6.45, 7) is 7.06. The van der Waals surface area contributed by atoms with Crippen molar-refractivity contribution < 1.29 is 4.74 Å². The lowest BCUT2D eigenvalue weighted by atomic mass is 10.4. The van der Waals surface area contributed by atoms with Crippen LogP contribution in [0.1, 0.15) is 27.2 Å². The molecule has 0 aliphatic carbocycles. The lowest BCUT2D eigenvalue weighted by molar-refractivity contribution is 0.248. The molecule has 0 atom stereocenters. The van der Waals surface area contributed by atoms with Gasteiger partial charge in [0.1, 0.15) is 0 Å². The Hall–Kier alpha value is -0.660. The van der Waals surface area contributed by atoms with Gasteiger partial charge in [-0.2, -0.15) is 0 Å². The van der Waals surface area contributed by atoms with Gasteiger partial charge in [0.2, 0.25) is 0 Å². The molecule has 0 aromatic heterocycles. The molecular weight excluding hydrogens is 126 g/mol. The highest BCUT2D eigenvalue weighted by Gasteiger charge is 1.82. The van der Waals surface area contributed by atoms with Crippen LogP contribution in [0.25, 0.3) is 0 Å². The van der Waals surface area contributed by atoms with Crippen molar-refractivity contribution in [3.8, 4) is 0 Å². The molecule has 0 aromatic carbocycles. The molecule has 0 radical (unpaired) electrons. The van der Waals surface area contributed by atoms with Crippen LogP contribution in [0.3, 0.4) is 0 Å². The third-order valence-corrected chi connectivity index (χ3v) is 0.916. The van der Waals surface area contributed by atoms with E-state index in [1.807, 2.05) is 6.20 Å². The fourth-order valence-corrected chi connectivity index (χ4v) is 0.466. The van der Waals surface area contributed by atoms with E-state index in [2.05, 4.69) is 26.1 Å². The van der Waals surface area contributed by atoms with Crippen LogP contribution in [0, 0.1) is 0 Å². The molecule has 0 heterocycles. The number of nitrogens with one attached hydrogen (secondary N) is 1. The van der Waals surface area contributed by atoms with Gasteiger partial charge in [-0.1, -0.05) is 6.92 Å². The molecule has 10 heavy (non-hydrogen) atoms. The zero-order chi connectivity index (χ0) is 7.82. The van der Waals surface area contributed by atoms with Crippen molar-refractivity contribution in [1.82, 2.24) is 5.32 Å². The molecule has 0 amide bonds. The highest BCUT2D eigenvalue weighted by Crippen LogP contribution is 1.81. The second kappa shape index (κ2) is 6.46. The molecule has 0 spiro atoms. The summed E-state index contributed by atoms with van der Waals surface area (Å²) in [5, 5.41) is 3.10. The highest BCUT2D eigenvalue weighted by molar-refractivity contribution is 4.72. The maximum absolute atomic E-state index is 5.09. The molecule has 2 nitrogen and oxygen atoms in total. The summed E-state index contributed by atoms with van der Waals surface area (Å²) < 4.78 is 5.09. The Balaban J connectivity index is 3.04. The minimum absolute atomic E-state index is 0.487. The largest absolute Gasteiger partial charge is 0.500 e. The first-order valence-electron chi connectivity index (χ1n) is 3.80. The summed E-state index contributed by atoms with van der Waals surface area (Å²) in [6, 6.07) is 0.487. The summed E-state index contributed by atoms with van der Waals surface area (Å²) in [7, 11) is 0. The highest BCUT2D eigenvalue weighted by atomic mass is 16.5. The van der Waals surface area contributed by atoms with Gasteiger partial charge in [-0.15, -0.1) is 0 Å². The van der Waals surface area contributed by atoms with E-state index in [4.69, 9.17) is 4.74 Å². The summed E-state index contributed by atoms with van der Waals surface area (Å²) in [4.78, 5) is 0. The van der Waals surface area contributed by atoms with E-state index in [9.17, 15) is 0 Å². The standard InChI is InChI=1S/C8H17NO/c1-4-6-10-7-5-9-8(2)3/h5,7-9H,4,6H2,1-3H3/b7-5-. The van der Waals surface area contributed by atoms with Crippen molar-refractivity contribution in [1.29, 1.82) is 0 Å². The van der Waals surface area contributed by atoms with E-state index < -0.39 is 0 Å². The third kappa shape index (κ3) is 7.34. The zero-order valence-corrected chi connectivity index (χ0v) is 7.05. The minimum atomic E-state index is 0.487. The van der Waals surface area contributed by atoms with Crippen LogP contribution in [0.5, 0.6) is 0 Å². The lowest BCUT2D eigenvalue weighted by Crippen LogP contribution is -2.15. The van der Waals surface area contributed by atoms with Crippen LogP contribution in [0.15, 0.2) is 12.5 Å². The number of rotatable bonds is 5. The summed E-state index contributed by atoms with van der Waals surface area (Å²) in [5.74, 6) is 0. The van der Waals surface area contributed by atoms with E-state index in [1.165, 1.54) is 0 Å². The Bertz CT molecular complexity index is 89.3. The van der Waals surface area contributed by atoms with Gasteiger partial charge < -0.3 is 10.1 Å². The van der Waals surface area contributed by atoms with Crippen LogP contribution in [0.4, 0.5) is 0 Å². The first-order valence-corrected chi connectivity index (χ1v) is 3.80. The van der Waals surface area contributed by atoms with E-state index in [0.29, 0.717) is 6.04 Å². The Morgan fingerprint density at radius 3 is 2.70 bits per heavy atom. The lowest BCUT2D eigenvalue weighted by Gasteiger charge is -2.02. The number of hydrogen-bond acceptors (Lipinski definition) is 2. The summed E-state index contributed by atoms with van der Waals surface area (Å²) >= 11 is 0. The normalized spacial score (nSPS) is 10.8.